The summed E-state index contributed by atoms with van der Waals surface area (Å²) < 4.78 is 39.0. The maximum absolute atomic E-state index is 13.0. The quantitative estimate of drug-likeness (QED) is 0.739. The summed E-state index contributed by atoms with van der Waals surface area (Å²) in [6.45, 7) is 0. The molecule has 104 valence electrons. The molecule has 2 aliphatic rings. The van der Waals surface area contributed by atoms with E-state index >= 15 is 0 Å². The summed E-state index contributed by atoms with van der Waals surface area (Å²) in [4.78, 5) is 0. The molecule has 0 amide bonds. The van der Waals surface area contributed by atoms with Gasteiger partial charge in [0.25, 0.3) is 0 Å². The van der Waals surface area contributed by atoms with Gasteiger partial charge < -0.3 is 5.11 Å². The van der Waals surface area contributed by atoms with Gasteiger partial charge in [-0.15, -0.1) is 0 Å². The van der Waals surface area contributed by atoms with Crippen molar-refractivity contribution in [2.45, 2.75) is 63.6 Å². The second kappa shape index (κ2) is 5.64. The molecule has 3 unspecified atom stereocenters. The van der Waals surface area contributed by atoms with Gasteiger partial charge >= 0.3 is 6.18 Å². The van der Waals surface area contributed by atoms with E-state index in [0.717, 1.165) is 37.7 Å². The van der Waals surface area contributed by atoms with Crippen LogP contribution in [-0.2, 0) is 0 Å². The molecule has 0 radical (unpaired) electrons. The molecule has 0 aromatic heterocycles. The lowest BCUT2D eigenvalue weighted by Gasteiger charge is -2.37. The predicted molar refractivity (Wildman–Crippen MR) is 64.1 cm³/mol. The monoisotopic (exact) mass is 262 g/mol. The molecule has 2 rings (SSSR count). The van der Waals surface area contributed by atoms with E-state index in [9.17, 15) is 18.3 Å². The van der Waals surface area contributed by atoms with E-state index in [4.69, 9.17) is 0 Å². The summed E-state index contributed by atoms with van der Waals surface area (Å²) in [7, 11) is 0. The molecule has 2 aliphatic carbocycles. The lowest BCUT2D eigenvalue weighted by molar-refractivity contribution is -0.204. The van der Waals surface area contributed by atoms with Gasteiger partial charge in [0.2, 0.25) is 0 Å². The number of allylic oxidation sites excluding steroid dienone is 1. The van der Waals surface area contributed by atoms with Crippen molar-refractivity contribution < 1.29 is 18.3 Å². The van der Waals surface area contributed by atoms with Gasteiger partial charge in [-0.05, 0) is 44.1 Å². The first-order chi connectivity index (χ1) is 8.50. The van der Waals surface area contributed by atoms with Crippen molar-refractivity contribution in [3.05, 3.63) is 11.6 Å². The zero-order chi connectivity index (χ0) is 13.2. The molecule has 0 aromatic carbocycles. The molecule has 1 nitrogen and oxygen atoms in total. The van der Waals surface area contributed by atoms with Gasteiger partial charge in [0.05, 0.1) is 12.0 Å². The van der Waals surface area contributed by atoms with Gasteiger partial charge in [0, 0.05) is 5.92 Å². The first-order valence-corrected chi connectivity index (χ1v) is 6.94. The topological polar surface area (TPSA) is 20.2 Å². The first kappa shape index (κ1) is 13.9. The van der Waals surface area contributed by atoms with E-state index in [2.05, 4.69) is 0 Å². The molecule has 1 saturated carbocycles. The Morgan fingerprint density at radius 1 is 1.11 bits per heavy atom. The van der Waals surface area contributed by atoms with Crippen LogP contribution in [-0.4, -0.2) is 17.4 Å². The molecular weight excluding hydrogens is 241 g/mol. The largest absolute Gasteiger partial charge is 0.392 e. The highest BCUT2D eigenvalue weighted by molar-refractivity contribution is 5.13. The summed E-state index contributed by atoms with van der Waals surface area (Å²) in [6, 6.07) is 0. The van der Waals surface area contributed by atoms with Crippen molar-refractivity contribution in [2.75, 3.05) is 0 Å². The van der Waals surface area contributed by atoms with Crippen LogP contribution >= 0.6 is 0 Å². The molecule has 0 saturated heterocycles. The van der Waals surface area contributed by atoms with Crippen LogP contribution in [0, 0.1) is 11.8 Å². The van der Waals surface area contributed by atoms with Crippen LogP contribution < -0.4 is 0 Å². The normalized spacial score (nSPS) is 31.9. The SMILES string of the molecule is OC(C1=CCCCC1)C1CCCCC1C(F)(F)F. The standard InChI is InChI=1S/C14H21F3O/c15-14(16,17)12-9-5-4-8-11(12)13(18)10-6-2-1-3-7-10/h6,11-13,18H,1-5,7-9H2. The molecule has 0 heterocycles. The number of aliphatic hydroxyl groups excluding tert-OH is 1. The van der Waals surface area contributed by atoms with Gasteiger partial charge in [0.1, 0.15) is 0 Å². The molecule has 1 fully saturated rings. The van der Waals surface area contributed by atoms with E-state index in [1.807, 2.05) is 6.08 Å². The van der Waals surface area contributed by atoms with Crippen LogP contribution in [0.1, 0.15) is 51.4 Å². The summed E-state index contributed by atoms with van der Waals surface area (Å²) in [5.41, 5.74) is 0.849. The Hall–Kier alpha value is -0.510. The molecule has 0 spiro atoms. The van der Waals surface area contributed by atoms with Crippen molar-refractivity contribution in [1.29, 1.82) is 0 Å². The van der Waals surface area contributed by atoms with Crippen LogP contribution in [0.15, 0.2) is 11.6 Å². The van der Waals surface area contributed by atoms with Gasteiger partial charge in [-0.25, -0.2) is 0 Å². The summed E-state index contributed by atoms with van der Waals surface area (Å²) >= 11 is 0. The molecular formula is C14H21F3O. The van der Waals surface area contributed by atoms with Gasteiger partial charge in [0.15, 0.2) is 0 Å². The second-order valence-electron chi connectivity index (χ2n) is 5.57. The Balaban J connectivity index is 2.10. The second-order valence-corrected chi connectivity index (χ2v) is 5.57. The number of aliphatic hydroxyl groups is 1. The summed E-state index contributed by atoms with van der Waals surface area (Å²) in [5.74, 6) is -1.94. The minimum Gasteiger partial charge on any atom is -0.388 e. The molecule has 18 heavy (non-hydrogen) atoms. The lowest BCUT2D eigenvalue weighted by Crippen LogP contribution is -2.40. The Morgan fingerprint density at radius 3 is 2.44 bits per heavy atom. The van der Waals surface area contributed by atoms with Crippen LogP contribution in [0.2, 0.25) is 0 Å². The molecule has 0 aliphatic heterocycles. The van der Waals surface area contributed by atoms with Gasteiger partial charge in [-0.3, -0.25) is 0 Å². The van der Waals surface area contributed by atoms with E-state index in [-0.39, 0.29) is 6.42 Å². The average Bonchev–Trinajstić information content (AvgIpc) is 2.38. The minimum absolute atomic E-state index is 0.179. The van der Waals surface area contributed by atoms with Crippen molar-refractivity contribution in [3.8, 4) is 0 Å². The van der Waals surface area contributed by atoms with Crippen molar-refractivity contribution in [1.82, 2.24) is 0 Å². The Bertz CT molecular complexity index is 309. The van der Waals surface area contributed by atoms with Gasteiger partial charge in [-0.1, -0.05) is 18.9 Å². The highest BCUT2D eigenvalue weighted by Gasteiger charge is 2.48. The number of halogens is 3. The smallest absolute Gasteiger partial charge is 0.388 e. The fourth-order valence-corrected chi connectivity index (χ4v) is 3.35. The molecule has 0 bridgehead atoms. The predicted octanol–water partition coefficient (Wildman–Crippen LogP) is 4.22. The summed E-state index contributed by atoms with van der Waals surface area (Å²) in [5, 5.41) is 10.3. The molecule has 0 aromatic rings. The van der Waals surface area contributed by atoms with E-state index in [0.29, 0.717) is 12.8 Å². The minimum atomic E-state index is -4.17. The number of hydrogen-bond acceptors (Lipinski definition) is 1. The maximum Gasteiger partial charge on any atom is 0.392 e. The molecule has 1 N–H and O–H groups in total. The van der Waals surface area contributed by atoms with Crippen LogP contribution in [0.3, 0.4) is 0 Å². The average molecular weight is 262 g/mol. The highest BCUT2D eigenvalue weighted by Crippen LogP contribution is 2.44. The zero-order valence-corrected chi connectivity index (χ0v) is 10.5. The third kappa shape index (κ3) is 3.08. The van der Waals surface area contributed by atoms with E-state index in [1.165, 1.54) is 0 Å². The Morgan fingerprint density at radius 2 is 1.83 bits per heavy atom. The Labute approximate surface area is 106 Å². The number of alkyl halides is 3. The van der Waals surface area contributed by atoms with E-state index < -0.39 is 24.1 Å². The third-order valence-corrected chi connectivity index (χ3v) is 4.35. The van der Waals surface area contributed by atoms with Gasteiger partial charge in [-0.2, -0.15) is 13.2 Å². The van der Waals surface area contributed by atoms with Crippen molar-refractivity contribution in [2.24, 2.45) is 11.8 Å². The number of rotatable bonds is 2. The third-order valence-electron chi connectivity index (χ3n) is 4.35. The van der Waals surface area contributed by atoms with E-state index in [1.54, 1.807) is 0 Å². The zero-order valence-electron chi connectivity index (χ0n) is 10.5. The van der Waals surface area contributed by atoms with Crippen molar-refractivity contribution >= 4 is 0 Å². The lowest BCUT2D eigenvalue weighted by atomic mass is 9.73. The first-order valence-electron chi connectivity index (χ1n) is 6.94. The Kier molecular flexibility index (Phi) is 4.36. The van der Waals surface area contributed by atoms with Crippen LogP contribution in [0.4, 0.5) is 13.2 Å². The fraction of sp³-hybridized carbons (Fsp3) is 0.857. The number of hydrogen-bond donors (Lipinski definition) is 1. The molecule has 4 heteroatoms. The van der Waals surface area contributed by atoms with Crippen molar-refractivity contribution in [3.63, 3.8) is 0 Å². The highest BCUT2D eigenvalue weighted by atomic mass is 19.4. The summed E-state index contributed by atoms with van der Waals surface area (Å²) in [6.07, 6.45) is 2.78. The fourth-order valence-electron chi connectivity index (χ4n) is 3.35. The van der Waals surface area contributed by atoms with Crippen LogP contribution in [0.25, 0.3) is 0 Å². The van der Waals surface area contributed by atoms with Crippen LogP contribution in [0.5, 0.6) is 0 Å². The molecule has 3 atom stereocenters. The maximum atomic E-state index is 13.0.